The standard InChI is InChI=1S/C13H24F3N3O/c1-3-18(4-2)12(20)9-19(10-13(14,15)16)11-5-7-17-8-6-11/h11,17H,3-10H2,1-2H3. The Morgan fingerprint density at radius 2 is 1.75 bits per heavy atom. The van der Waals surface area contributed by atoms with Crippen molar-refractivity contribution in [1.29, 1.82) is 0 Å². The summed E-state index contributed by atoms with van der Waals surface area (Å²) in [6.07, 6.45) is -2.96. The molecule has 0 aromatic rings. The van der Waals surface area contributed by atoms with Gasteiger partial charge in [0.2, 0.25) is 5.91 Å². The highest BCUT2D eigenvalue weighted by Gasteiger charge is 2.35. The summed E-state index contributed by atoms with van der Waals surface area (Å²) in [5, 5.41) is 3.13. The number of carbonyl (C=O) groups excluding carboxylic acids is 1. The molecule has 0 aliphatic carbocycles. The first-order valence-electron chi connectivity index (χ1n) is 7.16. The van der Waals surface area contributed by atoms with Gasteiger partial charge in [0, 0.05) is 19.1 Å². The molecule has 0 saturated carbocycles. The molecule has 1 fully saturated rings. The summed E-state index contributed by atoms with van der Waals surface area (Å²) < 4.78 is 38.1. The van der Waals surface area contributed by atoms with Crippen LogP contribution in [0.4, 0.5) is 13.2 Å². The lowest BCUT2D eigenvalue weighted by Gasteiger charge is -2.35. The van der Waals surface area contributed by atoms with E-state index in [1.54, 1.807) is 4.90 Å². The van der Waals surface area contributed by atoms with Crippen LogP contribution in [0.5, 0.6) is 0 Å². The highest BCUT2D eigenvalue weighted by atomic mass is 19.4. The summed E-state index contributed by atoms with van der Waals surface area (Å²) in [6.45, 7) is 4.98. The third kappa shape index (κ3) is 5.66. The van der Waals surface area contributed by atoms with Gasteiger partial charge in [0.05, 0.1) is 13.1 Å². The monoisotopic (exact) mass is 295 g/mol. The molecule has 7 heteroatoms. The second kappa shape index (κ2) is 7.83. The minimum absolute atomic E-state index is 0.147. The molecule has 0 unspecified atom stereocenters. The lowest BCUT2D eigenvalue weighted by atomic mass is 10.0. The van der Waals surface area contributed by atoms with Gasteiger partial charge >= 0.3 is 6.18 Å². The number of amides is 1. The molecule has 4 nitrogen and oxygen atoms in total. The molecule has 1 saturated heterocycles. The highest BCUT2D eigenvalue weighted by molar-refractivity contribution is 5.78. The molecule has 1 rings (SSSR count). The zero-order chi connectivity index (χ0) is 15.2. The SMILES string of the molecule is CCN(CC)C(=O)CN(CC(F)(F)F)C1CCNCC1. The maximum absolute atomic E-state index is 12.7. The van der Waals surface area contributed by atoms with E-state index in [4.69, 9.17) is 0 Å². The molecule has 0 aromatic carbocycles. The van der Waals surface area contributed by atoms with Crippen LogP contribution < -0.4 is 5.32 Å². The van der Waals surface area contributed by atoms with Crippen LogP contribution in [0.25, 0.3) is 0 Å². The predicted molar refractivity (Wildman–Crippen MR) is 71.4 cm³/mol. The van der Waals surface area contributed by atoms with Crippen LogP contribution in [0.1, 0.15) is 26.7 Å². The van der Waals surface area contributed by atoms with E-state index in [0.29, 0.717) is 39.0 Å². The normalized spacial score (nSPS) is 17.5. The number of hydrogen-bond acceptors (Lipinski definition) is 3. The molecule has 1 amide bonds. The van der Waals surface area contributed by atoms with Crippen molar-refractivity contribution in [2.45, 2.75) is 38.9 Å². The molecule has 20 heavy (non-hydrogen) atoms. The largest absolute Gasteiger partial charge is 0.401 e. The third-order valence-corrected chi connectivity index (χ3v) is 3.66. The number of alkyl halides is 3. The lowest BCUT2D eigenvalue weighted by molar-refractivity contribution is -0.157. The summed E-state index contributed by atoms with van der Waals surface area (Å²) in [7, 11) is 0. The van der Waals surface area contributed by atoms with Gasteiger partial charge in [-0.15, -0.1) is 0 Å². The van der Waals surface area contributed by atoms with Gasteiger partial charge in [-0.2, -0.15) is 13.2 Å². The average molecular weight is 295 g/mol. The first-order valence-corrected chi connectivity index (χ1v) is 7.16. The summed E-state index contributed by atoms with van der Waals surface area (Å²) >= 11 is 0. The second-order valence-corrected chi connectivity index (χ2v) is 5.07. The van der Waals surface area contributed by atoms with Crippen molar-refractivity contribution in [2.75, 3.05) is 39.3 Å². The van der Waals surface area contributed by atoms with Crippen LogP contribution in [0.15, 0.2) is 0 Å². The van der Waals surface area contributed by atoms with Gasteiger partial charge in [-0.25, -0.2) is 0 Å². The summed E-state index contributed by atoms with van der Waals surface area (Å²) in [5.41, 5.74) is 0. The maximum Gasteiger partial charge on any atom is 0.401 e. The topological polar surface area (TPSA) is 35.6 Å². The Morgan fingerprint density at radius 3 is 2.20 bits per heavy atom. The van der Waals surface area contributed by atoms with Crippen molar-refractivity contribution in [3.8, 4) is 0 Å². The zero-order valence-corrected chi connectivity index (χ0v) is 12.2. The third-order valence-electron chi connectivity index (χ3n) is 3.66. The molecule has 0 atom stereocenters. The van der Waals surface area contributed by atoms with E-state index < -0.39 is 12.7 Å². The quantitative estimate of drug-likeness (QED) is 0.806. The number of likely N-dealkylation sites (N-methyl/N-ethyl adjacent to an activating group) is 1. The van der Waals surface area contributed by atoms with E-state index in [1.807, 2.05) is 13.8 Å². The van der Waals surface area contributed by atoms with Crippen LogP contribution in [0.3, 0.4) is 0 Å². The molecule has 1 heterocycles. The lowest BCUT2D eigenvalue weighted by Crippen LogP contribution is -2.51. The Kier molecular flexibility index (Phi) is 6.75. The molecule has 118 valence electrons. The number of nitrogens with one attached hydrogen (secondary N) is 1. The summed E-state index contributed by atoms with van der Waals surface area (Å²) in [5.74, 6) is -0.224. The van der Waals surface area contributed by atoms with Gasteiger partial charge in [-0.3, -0.25) is 9.69 Å². The Hall–Kier alpha value is -0.820. The number of piperidine rings is 1. The van der Waals surface area contributed by atoms with E-state index in [0.717, 1.165) is 0 Å². The van der Waals surface area contributed by atoms with Crippen molar-refractivity contribution >= 4 is 5.91 Å². The molecule has 1 aliphatic heterocycles. The molecule has 0 spiro atoms. The van der Waals surface area contributed by atoms with Gasteiger partial charge in [0.25, 0.3) is 0 Å². The predicted octanol–water partition coefficient (Wildman–Crippen LogP) is 1.47. The minimum atomic E-state index is -4.27. The first kappa shape index (κ1) is 17.2. The molecule has 0 radical (unpaired) electrons. The van der Waals surface area contributed by atoms with Crippen LogP contribution in [-0.4, -0.2) is 67.2 Å². The van der Waals surface area contributed by atoms with Crippen LogP contribution in [0, 0.1) is 0 Å². The fourth-order valence-electron chi connectivity index (χ4n) is 2.57. The number of nitrogens with zero attached hydrogens (tertiary/aromatic N) is 2. The molecular formula is C13H24F3N3O. The van der Waals surface area contributed by atoms with Crippen molar-refractivity contribution < 1.29 is 18.0 Å². The Balaban J connectivity index is 2.68. The van der Waals surface area contributed by atoms with Crippen LogP contribution in [-0.2, 0) is 4.79 Å². The first-order chi connectivity index (χ1) is 9.37. The average Bonchev–Trinajstić information content (AvgIpc) is 2.39. The second-order valence-electron chi connectivity index (χ2n) is 5.07. The molecule has 0 aromatic heterocycles. The number of rotatable bonds is 6. The van der Waals surface area contributed by atoms with Crippen LogP contribution >= 0.6 is 0 Å². The smallest absolute Gasteiger partial charge is 0.342 e. The number of halogens is 3. The number of hydrogen-bond donors (Lipinski definition) is 1. The fraction of sp³-hybridized carbons (Fsp3) is 0.923. The van der Waals surface area contributed by atoms with E-state index in [2.05, 4.69) is 5.32 Å². The molecular weight excluding hydrogens is 271 g/mol. The van der Waals surface area contributed by atoms with Crippen molar-refractivity contribution in [3.63, 3.8) is 0 Å². The Labute approximate surface area is 118 Å². The fourth-order valence-corrected chi connectivity index (χ4v) is 2.57. The van der Waals surface area contributed by atoms with Crippen molar-refractivity contribution in [3.05, 3.63) is 0 Å². The van der Waals surface area contributed by atoms with Gasteiger partial charge in [0.1, 0.15) is 0 Å². The van der Waals surface area contributed by atoms with Gasteiger partial charge < -0.3 is 10.2 Å². The van der Waals surface area contributed by atoms with E-state index in [-0.39, 0.29) is 18.5 Å². The number of carbonyl (C=O) groups is 1. The molecule has 0 bridgehead atoms. The Morgan fingerprint density at radius 1 is 1.20 bits per heavy atom. The van der Waals surface area contributed by atoms with E-state index in [1.165, 1.54) is 4.90 Å². The molecule has 1 N–H and O–H groups in total. The maximum atomic E-state index is 12.7. The van der Waals surface area contributed by atoms with Gasteiger partial charge in [-0.05, 0) is 39.8 Å². The van der Waals surface area contributed by atoms with Crippen molar-refractivity contribution in [1.82, 2.24) is 15.1 Å². The van der Waals surface area contributed by atoms with Crippen molar-refractivity contribution in [2.24, 2.45) is 0 Å². The van der Waals surface area contributed by atoms with Crippen LogP contribution in [0.2, 0.25) is 0 Å². The zero-order valence-electron chi connectivity index (χ0n) is 12.2. The minimum Gasteiger partial charge on any atom is -0.342 e. The summed E-state index contributed by atoms with van der Waals surface area (Å²) in [4.78, 5) is 14.9. The van der Waals surface area contributed by atoms with Gasteiger partial charge in [-0.1, -0.05) is 0 Å². The van der Waals surface area contributed by atoms with E-state index >= 15 is 0 Å². The molecule has 1 aliphatic rings. The van der Waals surface area contributed by atoms with Gasteiger partial charge in [0.15, 0.2) is 0 Å². The highest BCUT2D eigenvalue weighted by Crippen LogP contribution is 2.21. The Bertz CT molecular complexity index is 300. The summed E-state index contributed by atoms with van der Waals surface area (Å²) in [6, 6.07) is -0.169. The van der Waals surface area contributed by atoms with E-state index in [9.17, 15) is 18.0 Å².